The van der Waals surface area contributed by atoms with Crippen LogP contribution in [-0.2, 0) is 11.2 Å². The average molecular weight is 322 g/mol. The molecule has 1 fully saturated rings. The Balaban J connectivity index is 1.52. The van der Waals surface area contributed by atoms with E-state index >= 15 is 0 Å². The Kier molecular flexibility index (Phi) is 4.67. The minimum atomic E-state index is -0.388. The zero-order valence-electron chi connectivity index (χ0n) is 11.6. The van der Waals surface area contributed by atoms with Gasteiger partial charge in [-0.2, -0.15) is 0 Å². The fraction of sp³-hybridized carbons (Fsp3) is 0.467. The highest BCUT2D eigenvalue weighted by molar-refractivity contribution is 7.10. The molecule has 3 heterocycles. The van der Waals surface area contributed by atoms with Gasteiger partial charge in [-0.05, 0) is 30.2 Å². The van der Waals surface area contributed by atoms with Gasteiger partial charge in [-0.1, -0.05) is 6.07 Å². The van der Waals surface area contributed by atoms with Gasteiger partial charge in [-0.25, -0.2) is 4.98 Å². The van der Waals surface area contributed by atoms with Gasteiger partial charge in [0.2, 0.25) is 5.91 Å². The van der Waals surface area contributed by atoms with Crippen molar-refractivity contribution >= 4 is 28.6 Å². The number of thiazole rings is 1. The summed E-state index contributed by atoms with van der Waals surface area (Å²) in [7, 11) is 0. The van der Waals surface area contributed by atoms with E-state index in [9.17, 15) is 9.90 Å². The molecule has 1 aliphatic heterocycles. The Labute approximate surface area is 132 Å². The number of aromatic nitrogens is 1. The van der Waals surface area contributed by atoms with E-state index in [1.165, 1.54) is 11.3 Å². The molecule has 0 unspecified atom stereocenters. The SMILES string of the molecule is O=C(Cc1cscn1)N1CCC([C@@H](O)c2cccs2)CC1. The normalized spacial score (nSPS) is 17.9. The first-order valence-electron chi connectivity index (χ1n) is 7.10. The molecule has 1 saturated heterocycles. The van der Waals surface area contributed by atoms with Crippen molar-refractivity contribution in [3.8, 4) is 0 Å². The predicted octanol–water partition coefficient (Wildman–Crippen LogP) is 2.72. The van der Waals surface area contributed by atoms with Gasteiger partial charge in [0.25, 0.3) is 0 Å². The van der Waals surface area contributed by atoms with Crippen LogP contribution in [0.1, 0.15) is 29.5 Å². The fourth-order valence-corrected chi connectivity index (χ4v) is 4.11. The Bertz CT molecular complexity index is 561. The van der Waals surface area contributed by atoms with Crippen molar-refractivity contribution in [2.75, 3.05) is 13.1 Å². The molecule has 1 N–H and O–H groups in total. The van der Waals surface area contributed by atoms with Gasteiger partial charge in [0.15, 0.2) is 0 Å². The van der Waals surface area contributed by atoms with Crippen LogP contribution in [0, 0.1) is 5.92 Å². The maximum atomic E-state index is 12.2. The van der Waals surface area contributed by atoms with Gasteiger partial charge in [-0.3, -0.25) is 4.79 Å². The third kappa shape index (κ3) is 3.51. The number of aliphatic hydroxyl groups is 1. The van der Waals surface area contributed by atoms with E-state index in [1.54, 1.807) is 16.8 Å². The molecular formula is C15H18N2O2S2. The quantitative estimate of drug-likeness (QED) is 0.941. The summed E-state index contributed by atoms with van der Waals surface area (Å²) in [5, 5.41) is 14.3. The Morgan fingerprint density at radius 3 is 2.90 bits per heavy atom. The van der Waals surface area contributed by atoms with Crippen molar-refractivity contribution in [2.45, 2.75) is 25.4 Å². The number of hydrogen-bond donors (Lipinski definition) is 1. The van der Waals surface area contributed by atoms with Crippen LogP contribution in [0.25, 0.3) is 0 Å². The molecule has 6 heteroatoms. The Morgan fingerprint density at radius 1 is 1.48 bits per heavy atom. The highest BCUT2D eigenvalue weighted by atomic mass is 32.1. The molecule has 4 nitrogen and oxygen atoms in total. The zero-order valence-corrected chi connectivity index (χ0v) is 13.3. The van der Waals surface area contributed by atoms with Crippen molar-refractivity contribution in [1.82, 2.24) is 9.88 Å². The lowest BCUT2D eigenvalue weighted by Gasteiger charge is -2.34. The second-order valence-electron chi connectivity index (χ2n) is 5.34. The highest BCUT2D eigenvalue weighted by Gasteiger charge is 2.28. The van der Waals surface area contributed by atoms with Crippen LogP contribution in [0.15, 0.2) is 28.4 Å². The third-order valence-corrected chi connectivity index (χ3v) is 5.57. The van der Waals surface area contributed by atoms with Crippen LogP contribution in [0.3, 0.4) is 0 Å². The molecule has 2 aromatic rings. The smallest absolute Gasteiger partial charge is 0.228 e. The number of carbonyl (C=O) groups is 1. The van der Waals surface area contributed by atoms with Crippen LogP contribution in [-0.4, -0.2) is 34.0 Å². The number of hydrogen-bond acceptors (Lipinski definition) is 5. The largest absolute Gasteiger partial charge is 0.387 e. The van der Waals surface area contributed by atoms with Crippen LogP contribution in [0.2, 0.25) is 0 Å². The summed E-state index contributed by atoms with van der Waals surface area (Å²) in [4.78, 5) is 19.3. The summed E-state index contributed by atoms with van der Waals surface area (Å²) >= 11 is 3.11. The lowest BCUT2D eigenvalue weighted by molar-refractivity contribution is -0.132. The minimum absolute atomic E-state index is 0.143. The molecule has 112 valence electrons. The maximum Gasteiger partial charge on any atom is 0.228 e. The van der Waals surface area contributed by atoms with Crippen molar-refractivity contribution in [2.24, 2.45) is 5.92 Å². The first kappa shape index (κ1) is 14.7. The molecule has 1 atom stereocenters. The summed E-state index contributed by atoms with van der Waals surface area (Å²) in [6, 6.07) is 3.95. The summed E-state index contributed by atoms with van der Waals surface area (Å²) in [6.07, 6.45) is 1.73. The monoisotopic (exact) mass is 322 g/mol. The minimum Gasteiger partial charge on any atom is -0.387 e. The zero-order chi connectivity index (χ0) is 14.7. The number of aliphatic hydroxyl groups excluding tert-OH is 1. The molecule has 0 aromatic carbocycles. The molecule has 1 aliphatic rings. The second kappa shape index (κ2) is 6.68. The number of piperidine rings is 1. The molecule has 0 saturated carbocycles. The van der Waals surface area contributed by atoms with E-state index in [4.69, 9.17) is 0 Å². The van der Waals surface area contributed by atoms with Crippen molar-refractivity contribution in [3.05, 3.63) is 39.0 Å². The van der Waals surface area contributed by atoms with E-state index < -0.39 is 0 Å². The van der Waals surface area contributed by atoms with Gasteiger partial charge in [0, 0.05) is 23.3 Å². The topological polar surface area (TPSA) is 53.4 Å². The molecule has 0 radical (unpaired) electrons. The van der Waals surface area contributed by atoms with Crippen LogP contribution in [0.4, 0.5) is 0 Å². The lowest BCUT2D eigenvalue weighted by Crippen LogP contribution is -2.40. The molecule has 0 bridgehead atoms. The van der Waals surface area contributed by atoms with E-state index in [0.717, 1.165) is 36.5 Å². The van der Waals surface area contributed by atoms with E-state index in [-0.39, 0.29) is 17.9 Å². The number of thiophene rings is 1. The number of nitrogens with zero attached hydrogens (tertiary/aromatic N) is 2. The Morgan fingerprint density at radius 2 is 2.29 bits per heavy atom. The molecule has 1 amide bonds. The molecular weight excluding hydrogens is 304 g/mol. The summed E-state index contributed by atoms with van der Waals surface area (Å²) in [6.45, 7) is 1.46. The van der Waals surface area contributed by atoms with Gasteiger partial charge in [-0.15, -0.1) is 22.7 Å². The van der Waals surface area contributed by atoms with Crippen molar-refractivity contribution in [3.63, 3.8) is 0 Å². The van der Waals surface area contributed by atoms with Crippen molar-refractivity contribution < 1.29 is 9.90 Å². The number of likely N-dealkylation sites (tertiary alicyclic amines) is 1. The summed E-state index contributed by atoms with van der Waals surface area (Å²) < 4.78 is 0. The van der Waals surface area contributed by atoms with Gasteiger partial charge in [0.05, 0.1) is 23.7 Å². The molecule has 0 spiro atoms. The van der Waals surface area contributed by atoms with Crippen molar-refractivity contribution in [1.29, 1.82) is 0 Å². The summed E-state index contributed by atoms with van der Waals surface area (Å²) in [5.74, 6) is 0.400. The van der Waals surface area contributed by atoms with E-state index in [0.29, 0.717) is 6.42 Å². The van der Waals surface area contributed by atoms with E-state index in [2.05, 4.69) is 4.98 Å². The molecule has 3 rings (SSSR count). The maximum absolute atomic E-state index is 12.2. The number of amides is 1. The molecule has 2 aromatic heterocycles. The first-order chi connectivity index (χ1) is 10.2. The first-order valence-corrected chi connectivity index (χ1v) is 8.92. The lowest BCUT2D eigenvalue weighted by atomic mass is 9.90. The van der Waals surface area contributed by atoms with Crippen LogP contribution < -0.4 is 0 Å². The predicted molar refractivity (Wildman–Crippen MR) is 84.4 cm³/mol. The average Bonchev–Trinajstić information content (AvgIpc) is 3.20. The van der Waals surface area contributed by atoms with Gasteiger partial charge < -0.3 is 10.0 Å². The third-order valence-electron chi connectivity index (χ3n) is 3.99. The second-order valence-corrected chi connectivity index (χ2v) is 7.03. The number of rotatable bonds is 4. The number of carbonyl (C=O) groups excluding carboxylic acids is 1. The standard InChI is InChI=1S/C15H18N2O2S2/c18-14(8-12-9-20-10-16-12)17-5-3-11(4-6-17)15(19)13-2-1-7-21-13/h1-2,7,9-11,15,19H,3-6,8H2/t15-/m1/s1. The molecule has 0 aliphatic carbocycles. The highest BCUT2D eigenvalue weighted by Crippen LogP contribution is 2.32. The molecule has 21 heavy (non-hydrogen) atoms. The van der Waals surface area contributed by atoms with Crippen LogP contribution in [0.5, 0.6) is 0 Å². The van der Waals surface area contributed by atoms with Gasteiger partial charge in [0.1, 0.15) is 0 Å². The fourth-order valence-electron chi connectivity index (χ4n) is 2.75. The van der Waals surface area contributed by atoms with Crippen LogP contribution >= 0.6 is 22.7 Å². The van der Waals surface area contributed by atoms with Gasteiger partial charge >= 0.3 is 0 Å². The summed E-state index contributed by atoms with van der Waals surface area (Å²) in [5.41, 5.74) is 2.61. The Hall–Kier alpha value is -1.24. The van der Waals surface area contributed by atoms with E-state index in [1.807, 2.05) is 27.8 Å².